The molecule has 1 atom stereocenters. The molecule has 9 heteroatoms. The molecule has 1 saturated heterocycles. The summed E-state index contributed by atoms with van der Waals surface area (Å²) in [5.74, 6) is -1.21. The molecule has 0 aromatic heterocycles. The van der Waals surface area contributed by atoms with Gasteiger partial charge in [0.15, 0.2) is 0 Å². The Labute approximate surface area is 232 Å². The van der Waals surface area contributed by atoms with Gasteiger partial charge in [-0.05, 0) is 35.7 Å². The topological polar surface area (TPSA) is 93.2 Å². The van der Waals surface area contributed by atoms with E-state index >= 15 is 0 Å². The number of nitrogens with zero attached hydrogens (tertiary/aromatic N) is 3. The number of hydrogen-bond acceptors (Lipinski definition) is 4. The molecule has 0 saturated carbocycles. The van der Waals surface area contributed by atoms with Gasteiger partial charge in [0.1, 0.15) is 6.04 Å². The fourth-order valence-electron chi connectivity index (χ4n) is 5.41. The number of hydrogen-bond donors (Lipinski definition) is 2. The number of benzene rings is 3. The molecule has 5 rings (SSSR count). The maximum Gasteiger partial charge on any atom is 0.335 e. The molecule has 3 aromatic rings. The number of amides is 4. The molecule has 1 unspecified atom stereocenters. The first kappa shape index (κ1) is 26.5. The largest absolute Gasteiger partial charge is 0.478 e. The number of rotatable bonds is 5. The minimum absolute atomic E-state index is 0.0198. The second-order valence-corrected chi connectivity index (χ2v) is 10.1. The molecule has 1 fully saturated rings. The van der Waals surface area contributed by atoms with E-state index in [0.717, 1.165) is 16.0 Å². The highest BCUT2D eigenvalue weighted by Gasteiger charge is 2.43. The van der Waals surface area contributed by atoms with Gasteiger partial charge in [-0.15, -0.1) is 0 Å². The van der Waals surface area contributed by atoms with Crippen LogP contribution in [0.15, 0.2) is 96.2 Å². The van der Waals surface area contributed by atoms with Crippen molar-refractivity contribution in [3.63, 3.8) is 0 Å². The molecule has 2 aliphatic heterocycles. The van der Waals surface area contributed by atoms with Crippen molar-refractivity contribution in [2.45, 2.75) is 19.0 Å². The molecule has 0 radical (unpaired) electrons. The van der Waals surface area contributed by atoms with Crippen LogP contribution in [-0.2, 0) is 4.79 Å². The van der Waals surface area contributed by atoms with Crippen LogP contribution < -0.4 is 5.32 Å². The van der Waals surface area contributed by atoms with Crippen molar-refractivity contribution in [2.75, 3.05) is 26.2 Å². The Balaban J connectivity index is 1.41. The van der Waals surface area contributed by atoms with E-state index in [1.54, 1.807) is 29.2 Å². The molecular formula is C30H29ClN4O4. The lowest BCUT2D eigenvalue weighted by Crippen LogP contribution is -2.58. The van der Waals surface area contributed by atoms with Crippen molar-refractivity contribution in [1.82, 2.24) is 20.0 Å². The summed E-state index contributed by atoms with van der Waals surface area (Å²) < 4.78 is 0. The average molecular weight is 545 g/mol. The van der Waals surface area contributed by atoms with Crippen LogP contribution in [0.25, 0.3) is 0 Å². The van der Waals surface area contributed by atoms with E-state index in [1.165, 1.54) is 6.92 Å². The Kier molecular flexibility index (Phi) is 7.67. The van der Waals surface area contributed by atoms with Crippen LogP contribution in [0.2, 0.25) is 5.02 Å². The minimum atomic E-state index is -1.21. The lowest BCUT2D eigenvalue weighted by Gasteiger charge is -2.43. The molecular weight excluding hydrogens is 516 g/mol. The summed E-state index contributed by atoms with van der Waals surface area (Å²) in [5, 5.41) is 13.0. The number of halogens is 1. The number of aliphatic carboxylic acids is 1. The van der Waals surface area contributed by atoms with Gasteiger partial charge in [-0.3, -0.25) is 4.90 Å². The van der Waals surface area contributed by atoms with Crippen molar-refractivity contribution in [3.8, 4) is 0 Å². The van der Waals surface area contributed by atoms with Crippen LogP contribution in [0.4, 0.5) is 9.59 Å². The van der Waals surface area contributed by atoms with E-state index < -0.39 is 24.1 Å². The number of urea groups is 2. The second-order valence-electron chi connectivity index (χ2n) is 9.63. The fourth-order valence-corrected chi connectivity index (χ4v) is 5.61. The average Bonchev–Trinajstić information content (AvgIpc) is 2.94. The normalized spacial score (nSPS) is 18.3. The first-order chi connectivity index (χ1) is 18.8. The maximum atomic E-state index is 13.8. The first-order valence-electron chi connectivity index (χ1n) is 12.8. The van der Waals surface area contributed by atoms with Crippen molar-refractivity contribution in [2.24, 2.45) is 0 Å². The quantitative estimate of drug-likeness (QED) is 0.455. The summed E-state index contributed by atoms with van der Waals surface area (Å²) in [5.41, 5.74) is 2.89. The van der Waals surface area contributed by atoms with Crippen molar-refractivity contribution >= 4 is 29.6 Å². The third-order valence-electron chi connectivity index (χ3n) is 7.23. The SMILES string of the molecule is CC1=C(C(=O)O)C(c2cccc(Cl)c2)N(C(=O)N2CCN(C(c3ccccc3)c3ccccc3)CC2)C(=O)N1. The van der Waals surface area contributed by atoms with Gasteiger partial charge in [0, 0.05) is 36.9 Å². The van der Waals surface area contributed by atoms with Crippen LogP contribution in [-0.4, -0.2) is 64.0 Å². The molecule has 8 nitrogen and oxygen atoms in total. The second kappa shape index (κ2) is 11.3. The number of imide groups is 1. The number of carbonyl (C=O) groups excluding carboxylic acids is 2. The fraction of sp³-hybridized carbons (Fsp3) is 0.233. The summed E-state index contributed by atoms with van der Waals surface area (Å²) in [7, 11) is 0. The zero-order valence-corrected chi connectivity index (χ0v) is 22.2. The number of nitrogens with one attached hydrogen (secondary N) is 1. The summed E-state index contributed by atoms with van der Waals surface area (Å²) in [6, 6.07) is 24.8. The van der Waals surface area contributed by atoms with Gasteiger partial charge >= 0.3 is 18.0 Å². The number of carbonyl (C=O) groups is 3. The van der Waals surface area contributed by atoms with Crippen LogP contribution in [0.5, 0.6) is 0 Å². The van der Waals surface area contributed by atoms with E-state index in [4.69, 9.17) is 11.6 Å². The molecule has 3 aromatic carbocycles. The van der Waals surface area contributed by atoms with Crippen molar-refractivity contribution in [3.05, 3.63) is 118 Å². The number of carboxylic acid groups (broad SMARTS) is 1. The summed E-state index contributed by atoms with van der Waals surface area (Å²) in [4.78, 5) is 44.2. The Hall–Kier alpha value is -4.14. The van der Waals surface area contributed by atoms with Crippen LogP contribution in [0, 0.1) is 0 Å². The summed E-state index contributed by atoms with van der Waals surface area (Å²) in [6.45, 7) is 3.45. The van der Waals surface area contributed by atoms with Crippen LogP contribution in [0.1, 0.15) is 35.7 Å². The van der Waals surface area contributed by atoms with Gasteiger partial charge in [-0.1, -0.05) is 84.4 Å². The molecule has 2 aliphatic rings. The highest BCUT2D eigenvalue weighted by Crippen LogP contribution is 2.36. The van der Waals surface area contributed by atoms with Crippen LogP contribution >= 0.6 is 11.6 Å². The summed E-state index contributed by atoms with van der Waals surface area (Å²) >= 11 is 6.20. The summed E-state index contributed by atoms with van der Waals surface area (Å²) in [6.07, 6.45) is 0. The van der Waals surface area contributed by atoms with Gasteiger partial charge in [0.25, 0.3) is 0 Å². The van der Waals surface area contributed by atoms with Crippen molar-refractivity contribution < 1.29 is 19.5 Å². The van der Waals surface area contributed by atoms with Crippen molar-refractivity contribution in [1.29, 1.82) is 0 Å². The number of piperazine rings is 1. The van der Waals surface area contributed by atoms with Crippen LogP contribution in [0.3, 0.4) is 0 Å². The van der Waals surface area contributed by atoms with E-state index in [-0.39, 0.29) is 17.3 Å². The molecule has 200 valence electrons. The van der Waals surface area contributed by atoms with E-state index in [9.17, 15) is 19.5 Å². The standard InChI is InChI=1S/C30H29ClN4O4/c1-20-25(28(36)37)27(23-13-8-14-24(31)19-23)35(29(38)32-20)30(39)34-17-15-33(16-18-34)26(21-9-4-2-5-10-21)22-11-6-3-7-12-22/h2-14,19,26-27H,15-18H2,1H3,(H,32,38)(H,36,37). The third-order valence-corrected chi connectivity index (χ3v) is 7.47. The van der Waals surface area contributed by atoms with E-state index in [2.05, 4.69) is 34.5 Å². The molecule has 39 heavy (non-hydrogen) atoms. The molecule has 0 bridgehead atoms. The number of carboxylic acids is 1. The Morgan fingerprint density at radius 3 is 2.03 bits per heavy atom. The Bertz CT molecular complexity index is 1370. The molecule has 0 aliphatic carbocycles. The predicted octanol–water partition coefficient (Wildman–Crippen LogP) is 5.29. The molecule has 2 heterocycles. The van der Waals surface area contributed by atoms with Gasteiger partial charge in [0.2, 0.25) is 0 Å². The zero-order chi connectivity index (χ0) is 27.5. The molecule has 0 spiro atoms. The van der Waals surface area contributed by atoms with Gasteiger partial charge in [-0.2, -0.15) is 0 Å². The highest BCUT2D eigenvalue weighted by atomic mass is 35.5. The van der Waals surface area contributed by atoms with Gasteiger partial charge in [0.05, 0.1) is 11.6 Å². The third kappa shape index (κ3) is 5.39. The lowest BCUT2D eigenvalue weighted by atomic mass is 9.94. The Morgan fingerprint density at radius 1 is 0.897 bits per heavy atom. The smallest absolute Gasteiger partial charge is 0.335 e. The monoisotopic (exact) mass is 544 g/mol. The van der Waals surface area contributed by atoms with Gasteiger partial charge < -0.3 is 15.3 Å². The first-order valence-corrected chi connectivity index (χ1v) is 13.2. The Morgan fingerprint density at radius 2 is 1.49 bits per heavy atom. The minimum Gasteiger partial charge on any atom is -0.478 e. The molecule has 2 N–H and O–H groups in total. The maximum absolute atomic E-state index is 13.8. The highest BCUT2D eigenvalue weighted by molar-refractivity contribution is 6.30. The van der Waals surface area contributed by atoms with Gasteiger partial charge in [-0.25, -0.2) is 19.3 Å². The van der Waals surface area contributed by atoms with E-state index in [0.29, 0.717) is 36.8 Å². The van der Waals surface area contributed by atoms with E-state index in [1.807, 2.05) is 36.4 Å². The lowest BCUT2D eigenvalue weighted by molar-refractivity contribution is -0.133. The predicted molar refractivity (Wildman–Crippen MR) is 148 cm³/mol. The molecule has 4 amide bonds. The zero-order valence-electron chi connectivity index (χ0n) is 21.5. The number of allylic oxidation sites excluding steroid dienone is 1.